The lowest BCUT2D eigenvalue weighted by molar-refractivity contribution is 0.256. The number of aromatic nitrogens is 2. The number of amides is 2. The van der Waals surface area contributed by atoms with Crippen molar-refractivity contribution in [3.05, 3.63) is 53.4 Å². The van der Waals surface area contributed by atoms with Crippen LogP contribution in [0.1, 0.15) is 5.56 Å². The van der Waals surface area contributed by atoms with Crippen molar-refractivity contribution in [3.63, 3.8) is 0 Å². The van der Waals surface area contributed by atoms with E-state index in [0.29, 0.717) is 11.3 Å². The molecule has 2 heterocycles. The minimum absolute atomic E-state index is 0.0293. The summed E-state index contributed by atoms with van der Waals surface area (Å²) in [6.07, 6.45) is 0. The molecule has 0 radical (unpaired) electrons. The van der Waals surface area contributed by atoms with E-state index in [1.54, 1.807) is 23.6 Å². The molecule has 0 aliphatic carbocycles. The smallest absolute Gasteiger partial charge is 0.335 e. The number of carbonyl (C=O) groups is 1. The number of sulfonamides is 1. The average Bonchev–Trinajstić information content (AvgIpc) is 3.22. The van der Waals surface area contributed by atoms with Gasteiger partial charge in [0.25, 0.3) is 10.0 Å². The molecule has 30 heavy (non-hydrogen) atoms. The van der Waals surface area contributed by atoms with Gasteiger partial charge in [0.1, 0.15) is 16.6 Å². The lowest BCUT2D eigenvalue weighted by atomic mass is 10.3. The summed E-state index contributed by atoms with van der Waals surface area (Å²) < 4.78 is 42.8. The Morgan fingerprint density at radius 3 is 2.37 bits per heavy atom. The molecule has 0 spiro atoms. The van der Waals surface area contributed by atoms with E-state index in [9.17, 15) is 13.2 Å². The van der Waals surface area contributed by atoms with Gasteiger partial charge in [-0.25, -0.2) is 17.9 Å². The highest BCUT2D eigenvalue weighted by Crippen LogP contribution is 2.24. The van der Waals surface area contributed by atoms with Crippen LogP contribution in [0, 0.1) is 0 Å². The molecule has 2 N–H and O–H groups in total. The average molecular weight is 450 g/mol. The Balaban J connectivity index is 1.69. The Hall–Kier alpha value is -3.38. The van der Waals surface area contributed by atoms with Crippen LogP contribution in [-0.2, 0) is 16.6 Å². The molecule has 0 fully saturated rings. The summed E-state index contributed by atoms with van der Waals surface area (Å²) in [6.45, 7) is 0.0293. The monoisotopic (exact) mass is 450 g/mol. The summed E-state index contributed by atoms with van der Waals surface area (Å²) >= 11 is 0.970. The van der Waals surface area contributed by atoms with Crippen LogP contribution in [-0.4, -0.2) is 38.6 Å². The maximum Gasteiger partial charge on any atom is 0.335 e. The maximum atomic E-state index is 12.7. The van der Waals surface area contributed by atoms with Crippen molar-refractivity contribution >= 4 is 33.3 Å². The minimum Gasteiger partial charge on any atom is -0.489 e. The number of benzene rings is 1. The van der Waals surface area contributed by atoms with Gasteiger partial charge in [0.15, 0.2) is 0 Å². The van der Waals surface area contributed by atoms with E-state index in [-0.39, 0.29) is 28.5 Å². The van der Waals surface area contributed by atoms with Gasteiger partial charge >= 0.3 is 6.03 Å². The highest BCUT2D eigenvalue weighted by molar-refractivity contribution is 7.92. The number of urea groups is 1. The van der Waals surface area contributed by atoms with E-state index >= 15 is 0 Å². The first-order valence-corrected chi connectivity index (χ1v) is 10.8. The molecule has 0 aliphatic heterocycles. The normalized spacial score (nSPS) is 10.9. The summed E-state index contributed by atoms with van der Waals surface area (Å²) in [5, 5.41) is 3.85. The number of para-hydroxylation sites is 1. The zero-order chi connectivity index (χ0) is 21.6. The van der Waals surface area contributed by atoms with Crippen molar-refractivity contribution in [1.29, 1.82) is 0 Å². The first-order valence-electron chi connectivity index (χ1n) is 8.46. The molecule has 3 aromatic rings. The molecule has 0 atom stereocenters. The van der Waals surface area contributed by atoms with Gasteiger partial charge in [0, 0.05) is 5.56 Å². The summed E-state index contributed by atoms with van der Waals surface area (Å²) in [4.78, 5) is 20.1. The van der Waals surface area contributed by atoms with Crippen molar-refractivity contribution in [3.8, 4) is 17.5 Å². The third kappa shape index (κ3) is 5.36. The molecule has 10 nitrogen and oxygen atoms in total. The first-order chi connectivity index (χ1) is 14.4. The van der Waals surface area contributed by atoms with E-state index in [0.717, 1.165) is 11.3 Å². The van der Waals surface area contributed by atoms with E-state index in [4.69, 9.17) is 14.2 Å². The highest BCUT2D eigenvalue weighted by atomic mass is 32.2. The SMILES string of the molecule is COc1cc(OC)nc(NC(=O)NS(=O)(=O)c2sccc2COc2ccccc2)n1. The van der Waals surface area contributed by atoms with Crippen LogP contribution in [0.4, 0.5) is 10.7 Å². The number of hydrogen-bond donors (Lipinski definition) is 2. The number of hydrogen-bond acceptors (Lipinski definition) is 9. The second-order valence-electron chi connectivity index (χ2n) is 5.67. The van der Waals surface area contributed by atoms with Gasteiger partial charge in [-0.3, -0.25) is 5.32 Å². The summed E-state index contributed by atoms with van der Waals surface area (Å²) in [5.74, 6) is 0.691. The van der Waals surface area contributed by atoms with Gasteiger partial charge in [-0.1, -0.05) is 18.2 Å². The summed E-state index contributed by atoms with van der Waals surface area (Å²) in [5.41, 5.74) is 0.420. The molecule has 158 valence electrons. The number of anilines is 1. The van der Waals surface area contributed by atoms with Crippen LogP contribution in [0.2, 0.25) is 0 Å². The molecule has 2 aromatic heterocycles. The Morgan fingerprint density at radius 2 is 1.73 bits per heavy atom. The number of rotatable bonds is 8. The standard InChI is InChI=1S/C18H18N4O6S2/c1-26-14-10-15(27-2)20-17(19-14)21-18(23)22-30(24,25)16-12(8-9-29-16)11-28-13-6-4-3-5-7-13/h3-10H,11H2,1-2H3,(H2,19,20,21,22,23). The Kier molecular flexibility index (Phi) is 6.69. The third-order valence-corrected chi connectivity index (χ3v) is 6.54. The molecular formula is C18H18N4O6S2. The molecular weight excluding hydrogens is 432 g/mol. The van der Waals surface area contributed by atoms with Gasteiger partial charge in [-0.2, -0.15) is 9.97 Å². The third-order valence-electron chi connectivity index (χ3n) is 3.64. The van der Waals surface area contributed by atoms with Crippen LogP contribution < -0.4 is 24.2 Å². The molecule has 1 aromatic carbocycles. The van der Waals surface area contributed by atoms with Crippen LogP contribution in [0.3, 0.4) is 0 Å². The van der Waals surface area contributed by atoms with Crippen molar-refractivity contribution in [2.45, 2.75) is 10.8 Å². The molecule has 0 saturated carbocycles. The van der Waals surface area contributed by atoms with Gasteiger partial charge in [-0.15, -0.1) is 11.3 Å². The Bertz CT molecular complexity index is 1100. The number of methoxy groups -OCH3 is 2. The fourth-order valence-corrected chi connectivity index (χ4v) is 4.60. The van der Waals surface area contributed by atoms with Gasteiger partial charge in [0.2, 0.25) is 17.7 Å². The number of nitrogens with zero attached hydrogens (tertiary/aromatic N) is 2. The summed E-state index contributed by atoms with van der Waals surface area (Å²) in [7, 11) is -1.38. The van der Waals surface area contributed by atoms with E-state index in [2.05, 4.69) is 15.3 Å². The lowest BCUT2D eigenvalue weighted by Crippen LogP contribution is -2.35. The quantitative estimate of drug-likeness (QED) is 0.536. The number of carbonyl (C=O) groups excluding carboxylic acids is 1. The van der Waals surface area contributed by atoms with E-state index in [1.807, 2.05) is 22.9 Å². The molecule has 0 unspecified atom stereocenters. The minimum atomic E-state index is -4.14. The molecule has 0 aliphatic rings. The molecule has 0 bridgehead atoms. The number of nitrogens with one attached hydrogen (secondary N) is 2. The lowest BCUT2D eigenvalue weighted by Gasteiger charge is -2.10. The van der Waals surface area contributed by atoms with Crippen LogP contribution in [0.5, 0.6) is 17.5 Å². The number of ether oxygens (including phenoxy) is 3. The Morgan fingerprint density at radius 1 is 1.07 bits per heavy atom. The topological polar surface area (TPSA) is 129 Å². The fraction of sp³-hybridized carbons (Fsp3) is 0.167. The van der Waals surface area contributed by atoms with Gasteiger partial charge in [-0.05, 0) is 23.6 Å². The van der Waals surface area contributed by atoms with Crippen LogP contribution in [0.15, 0.2) is 52.1 Å². The van der Waals surface area contributed by atoms with Crippen molar-refractivity contribution in [2.75, 3.05) is 19.5 Å². The second-order valence-corrected chi connectivity index (χ2v) is 8.46. The Labute approximate surface area is 176 Å². The zero-order valence-electron chi connectivity index (χ0n) is 16.0. The van der Waals surface area contributed by atoms with Crippen molar-refractivity contribution in [1.82, 2.24) is 14.7 Å². The highest BCUT2D eigenvalue weighted by Gasteiger charge is 2.24. The number of thiophene rings is 1. The molecule has 0 saturated heterocycles. The van der Waals surface area contributed by atoms with Crippen molar-refractivity contribution in [2.24, 2.45) is 0 Å². The zero-order valence-corrected chi connectivity index (χ0v) is 17.6. The van der Waals surface area contributed by atoms with Crippen LogP contribution >= 0.6 is 11.3 Å². The van der Waals surface area contributed by atoms with E-state index < -0.39 is 16.1 Å². The van der Waals surface area contributed by atoms with Crippen LogP contribution in [0.25, 0.3) is 0 Å². The predicted molar refractivity (Wildman–Crippen MR) is 110 cm³/mol. The summed E-state index contributed by atoms with van der Waals surface area (Å²) in [6, 6.07) is 11.0. The van der Waals surface area contributed by atoms with Gasteiger partial charge < -0.3 is 14.2 Å². The molecule has 3 rings (SSSR count). The van der Waals surface area contributed by atoms with E-state index in [1.165, 1.54) is 20.3 Å². The molecule has 2 amide bonds. The van der Waals surface area contributed by atoms with Gasteiger partial charge in [0.05, 0.1) is 20.3 Å². The maximum absolute atomic E-state index is 12.7. The largest absolute Gasteiger partial charge is 0.489 e. The van der Waals surface area contributed by atoms with Crippen molar-refractivity contribution < 1.29 is 27.4 Å². The predicted octanol–water partition coefficient (Wildman–Crippen LogP) is 2.64. The molecule has 12 heteroatoms. The second kappa shape index (κ2) is 9.41. The fourth-order valence-electron chi connectivity index (χ4n) is 2.31. The first kappa shape index (κ1) is 21.3.